The molecule has 4 aromatic rings. The normalized spacial score (nSPS) is 10.7. The van der Waals surface area contributed by atoms with E-state index in [0.29, 0.717) is 5.69 Å². The maximum Gasteiger partial charge on any atom is 0.365 e. The number of hydrogen-bond acceptors (Lipinski definition) is 6. The number of ether oxygens (including phenoxy) is 1. The first-order chi connectivity index (χ1) is 14.5. The van der Waals surface area contributed by atoms with Crippen LogP contribution >= 0.6 is 0 Å². The van der Waals surface area contributed by atoms with Crippen molar-refractivity contribution < 1.29 is 18.8 Å². The van der Waals surface area contributed by atoms with Crippen LogP contribution in [0.2, 0.25) is 0 Å². The Morgan fingerprint density at radius 3 is 2.37 bits per heavy atom. The van der Waals surface area contributed by atoms with Crippen LogP contribution in [0.3, 0.4) is 0 Å². The van der Waals surface area contributed by atoms with Gasteiger partial charge in [0.2, 0.25) is 5.75 Å². The first-order valence-corrected chi connectivity index (χ1v) is 8.69. The molecule has 0 fully saturated rings. The number of benzene rings is 3. The summed E-state index contributed by atoms with van der Waals surface area (Å²) in [4.78, 5) is 36.1. The number of carbonyl (C=O) groups excluding carboxylic acids is 1. The molecule has 0 radical (unpaired) electrons. The van der Waals surface area contributed by atoms with Gasteiger partial charge in [0.1, 0.15) is 5.82 Å². The molecule has 148 valence electrons. The molecule has 1 aromatic heterocycles. The van der Waals surface area contributed by atoms with Crippen molar-refractivity contribution in [2.75, 3.05) is 0 Å². The van der Waals surface area contributed by atoms with Gasteiger partial charge in [-0.2, -0.15) is 9.78 Å². The lowest BCUT2D eigenvalue weighted by molar-refractivity contribution is -0.385. The Hall–Kier alpha value is -4.40. The molecule has 0 saturated carbocycles. The number of halogens is 1. The number of nitro benzene ring substituents is 1. The maximum atomic E-state index is 13.6. The van der Waals surface area contributed by atoms with Crippen LogP contribution in [0.5, 0.6) is 5.75 Å². The van der Waals surface area contributed by atoms with E-state index in [1.165, 1.54) is 12.1 Å². The Bertz CT molecular complexity index is 1350. The van der Waals surface area contributed by atoms with Gasteiger partial charge in [0.05, 0.1) is 16.0 Å². The van der Waals surface area contributed by atoms with Crippen molar-refractivity contribution in [1.29, 1.82) is 0 Å². The predicted octanol–water partition coefficient (Wildman–Crippen LogP) is 3.65. The van der Waals surface area contributed by atoms with Crippen molar-refractivity contribution in [3.8, 4) is 11.4 Å². The minimum absolute atomic E-state index is 0.206. The van der Waals surface area contributed by atoms with E-state index in [1.54, 1.807) is 42.5 Å². The largest absolute Gasteiger partial charge is 0.414 e. The van der Waals surface area contributed by atoms with Gasteiger partial charge in [-0.25, -0.2) is 9.18 Å². The summed E-state index contributed by atoms with van der Waals surface area (Å²) in [6.07, 6.45) is 0. The molecule has 0 saturated heterocycles. The third-order valence-corrected chi connectivity index (χ3v) is 4.32. The summed E-state index contributed by atoms with van der Waals surface area (Å²) in [5, 5.41) is 15.7. The van der Waals surface area contributed by atoms with Crippen LogP contribution in [-0.2, 0) is 0 Å². The van der Waals surface area contributed by atoms with E-state index in [4.69, 9.17) is 4.74 Å². The highest BCUT2D eigenvalue weighted by Gasteiger charge is 2.23. The van der Waals surface area contributed by atoms with Crippen molar-refractivity contribution >= 4 is 22.4 Å². The molecule has 0 amide bonds. The lowest BCUT2D eigenvalue weighted by Crippen LogP contribution is -2.26. The molecule has 30 heavy (non-hydrogen) atoms. The van der Waals surface area contributed by atoms with Crippen molar-refractivity contribution in [1.82, 2.24) is 9.78 Å². The smallest absolute Gasteiger partial charge is 0.365 e. The second-order valence-corrected chi connectivity index (χ2v) is 6.21. The summed E-state index contributed by atoms with van der Waals surface area (Å²) in [6, 6.07) is 17.2. The molecule has 0 bridgehead atoms. The molecular formula is C21H12FN3O5. The van der Waals surface area contributed by atoms with Crippen LogP contribution in [-0.4, -0.2) is 20.7 Å². The summed E-state index contributed by atoms with van der Waals surface area (Å²) in [6.45, 7) is 0. The van der Waals surface area contributed by atoms with Gasteiger partial charge in [0, 0.05) is 17.5 Å². The van der Waals surface area contributed by atoms with Crippen LogP contribution in [0.4, 0.5) is 10.1 Å². The number of hydrogen-bond donors (Lipinski definition) is 0. The van der Waals surface area contributed by atoms with E-state index in [2.05, 4.69) is 5.10 Å². The van der Waals surface area contributed by atoms with Crippen molar-refractivity contribution in [2.45, 2.75) is 0 Å². The van der Waals surface area contributed by atoms with Crippen LogP contribution in [0.25, 0.3) is 16.5 Å². The summed E-state index contributed by atoms with van der Waals surface area (Å²) < 4.78 is 19.7. The van der Waals surface area contributed by atoms with Crippen molar-refractivity contribution in [2.24, 2.45) is 0 Å². The Kier molecular flexibility index (Phi) is 4.77. The minimum atomic E-state index is -1.07. The molecule has 0 aliphatic carbocycles. The zero-order chi connectivity index (χ0) is 21.3. The molecule has 0 unspecified atom stereocenters. The average molecular weight is 405 g/mol. The second-order valence-electron chi connectivity index (χ2n) is 6.21. The zero-order valence-corrected chi connectivity index (χ0v) is 15.2. The highest BCUT2D eigenvalue weighted by Crippen LogP contribution is 2.28. The van der Waals surface area contributed by atoms with Gasteiger partial charge >= 0.3 is 11.7 Å². The number of nitro groups is 1. The van der Waals surface area contributed by atoms with E-state index in [0.717, 1.165) is 22.9 Å². The van der Waals surface area contributed by atoms with Gasteiger partial charge in [0.25, 0.3) is 5.56 Å². The third kappa shape index (κ3) is 3.39. The van der Waals surface area contributed by atoms with Crippen LogP contribution in [0.15, 0.2) is 77.6 Å². The van der Waals surface area contributed by atoms with Gasteiger partial charge in [-0.1, -0.05) is 36.4 Å². The molecule has 0 atom stereocenters. The lowest BCUT2D eigenvalue weighted by atomic mass is 10.1. The zero-order valence-electron chi connectivity index (χ0n) is 15.2. The summed E-state index contributed by atoms with van der Waals surface area (Å²) in [5.74, 6) is -2.44. The number of rotatable bonds is 4. The first-order valence-electron chi connectivity index (χ1n) is 8.69. The third-order valence-electron chi connectivity index (χ3n) is 4.32. The summed E-state index contributed by atoms with van der Waals surface area (Å²) in [5.41, 5.74) is -0.859. The molecule has 4 rings (SSSR count). The highest BCUT2D eigenvalue weighted by atomic mass is 19.1. The summed E-state index contributed by atoms with van der Waals surface area (Å²) in [7, 11) is 0. The second kappa shape index (κ2) is 7.55. The molecule has 8 nitrogen and oxygen atoms in total. The fourth-order valence-corrected chi connectivity index (χ4v) is 2.95. The SMILES string of the molecule is O=C(Oc1cc(F)ccc1[N+](=O)[O-])c1nn(-c2ccccc2)c(=O)c2ccccc12. The number of nitrogens with zero attached hydrogens (tertiary/aromatic N) is 3. The molecule has 0 N–H and O–H groups in total. The molecule has 0 aliphatic rings. The van der Waals surface area contributed by atoms with Gasteiger partial charge < -0.3 is 4.74 Å². The van der Waals surface area contributed by atoms with Gasteiger partial charge in [-0.15, -0.1) is 0 Å². The van der Waals surface area contributed by atoms with Gasteiger partial charge in [-0.3, -0.25) is 14.9 Å². The Labute approximate surface area is 167 Å². The number of esters is 1. The fraction of sp³-hybridized carbons (Fsp3) is 0. The standard InChI is InChI=1S/C21H12FN3O5/c22-13-10-11-17(25(28)29)18(12-13)30-21(27)19-15-8-4-5-9-16(15)20(26)24(23-19)14-6-2-1-3-7-14/h1-12H. The number of fused-ring (bicyclic) bond motifs is 1. The fourth-order valence-electron chi connectivity index (χ4n) is 2.95. The Morgan fingerprint density at radius 2 is 1.67 bits per heavy atom. The van der Waals surface area contributed by atoms with Crippen LogP contribution in [0.1, 0.15) is 10.5 Å². The molecule has 9 heteroatoms. The quantitative estimate of drug-likeness (QED) is 0.222. The van der Waals surface area contributed by atoms with Gasteiger partial charge in [0.15, 0.2) is 5.69 Å². The molecule has 0 aliphatic heterocycles. The summed E-state index contributed by atoms with van der Waals surface area (Å²) >= 11 is 0. The number of carbonyl (C=O) groups is 1. The molecule has 0 spiro atoms. The molecule has 1 heterocycles. The van der Waals surface area contributed by atoms with Crippen molar-refractivity contribution in [3.63, 3.8) is 0 Å². The molecular weight excluding hydrogens is 393 g/mol. The molecule has 3 aromatic carbocycles. The minimum Gasteiger partial charge on any atom is -0.414 e. The van der Waals surface area contributed by atoms with Gasteiger partial charge in [-0.05, 0) is 24.3 Å². The van der Waals surface area contributed by atoms with E-state index in [1.807, 2.05) is 0 Å². The average Bonchev–Trinajstić information content (AvgIpc) is 2.74. The maximum absolute atomic E-state index is 13.6. The van der Waals surface area contributed by atoms with E-state index < -0.39 is 33.7 Å². The topological polar surface area (TPSA) is 104 Å². The van der Waals surface area contributed by atoms with Crippen LogP contribution < -0.4 is 10.3 Å². The Balaban J connectivity index is 1.88. The Morgan fingerprint density at radius 1 is 1.00 bits per heavy atom. The van der Waals surface area contributed by atoms with E-state index in [-0.39, 0.29) is 16.5 Å². The van der Waals surface area contributed by atoms with Crippen molar-refractivity contribution in [3.05, 3.63) is 105 Å². The lowest BCUT2D eigenvalue weighted by Gasteiger charge is -2.11. The predicted molar refractivity (Wildman–Crippen MR) is 105 cm³/mol. The number of aromatic nitrogens is 2. The van der Waals surface area contributed by atoms with Crippen LogP contribution in [0, 0.1) is 15.9 Å². The van der Waals surface area contributed by atoms with E-state index in [9.17, 15) is 24.1 Å². The first kappa shape index (κ1) is 18.9. The monoisotopic (exact) mass is 405 g/mol. The number of para-hydroxylation sites is 1. The highest BCUT2D eigenvalue weighted by molar-refractivity contribution is 6.03. The van der Waals surface area contributed by atoms with E-state index >= 15 is 0 Å².